The summed E-state index contributed by atoms with van der Waals surface area (Å²) in [5.41, 5.74) is 1.12. The number of piperidine rings is 1. The first-order valence-corrected chi connectivity index (χ1v) is 7.86. The number of benzene rings is 1. The van der Waals surface area contributed by atoms with Crippen LogP contribution in [-0.2, 0) is 11.3 Å². The zero-order valence-electron chi connectivity index (χ0n) is 13.6. The van der Waals surface area contributed by atoms with Crippen LogP contribution in [0.15, 0.2) is 24.3 Å². The van der Waals surface area contributed by atoms with Crippen LogP contribution in [0.5, 0.6) is 0 Å². The van der Waals surface area contributed by atoms with Crippen LogP contribution in [0.3, 0.4) is 0 Å². The summed E-state index contributed by atoms with van der Waals surface area (Å²) in [6, 6.07) is 6.88. The van der Waals surface area contributed by atoms with E-state index in [9.17, 15) is 9.18 Å². The van der Waals surface area contributed by atoms with Gasteiger partial charge in [-0.2, -0.15) is 0 Å². The fourth-order valence-electron chi connectivity index (χ4n) is 2.75. The minimum Gasteiger partial charge on any atom is -0.447 e. The third-order valence-electron chi connectivity index (χ3n) is 4.05. The molecule has 2 rings (SSSR count). The molecule has 122 valence electrons. The first-order chi connectivity index (χ1) is 10.5. The number of carbonyl (C=O) groups is 1. The van der Waals surface area contributed by atoms with E-state index in [2.05, 4.69) is 4.90 Å². The van der Waals surface area contributed by atoms with Crippen LogP contribution in [0.4, 0.5) is 9.18 Å². The highest BCUT2D eigenvalue weighted by molar-refractivity contribution is 5.67. The van der Waals surface area contributed by atoms with Crippen LogP contribution < -0.4 is 0 Å². The Hall–Kier alpha value is -1.62. The summed E-state index contributed by atoms with van der Waals surface area (Å²) in [4.78, 5) is 16.0. The molecule has 0 saturated carbocycles. The monoisotopic (exact) mass is 308 g/mol. The molecule has 0 aromatic heterocycles. The van der Waals surface area contributed by atoms with Crippen molar-refractivity contribution in [3.63, 3.8) is 0 Å². The number of hydrogen-bond donors (Lipinski definition) is 0. The lowest BCUT2D eigenvalue weighted by molar-refractivity contribution is 0.0572. The number of hydrogen-bond acceptors (Lipinski definition) is 3. The molecule has 0 bridgehead atoms. The number of halogens is 1. The Balaban J connectivity index is 1.80. The number of nitrogens with zero attached hydrogens (tertiary/aromatic N) is 2. The van der Waals surface area contributed by atoms with Crippen LogP contribution >= 0.6 is 0 Å². The summed E-state index contributed by atoms with van der Waals surface area (Å²) in [7, 11) is 1.81. The maximum absolute atomic E-state index is 12.9. The van der Waals surface area contributed by atoms with Gasteiger partial charge in [-0.3, -0.25) is 4.90 Å². The van der Waals surface area contributed by atoms with Crippen molar-refractivity contribution >= 4 is 6.09 Å². The molecule has 22 heavy (non-hydrogen) atoms. The second-order valence-electron chi connectivity index (χ2n) is 6.18. The molecule has 1 aromatic rings. The molecule has 1 saturated heterocycles. The molecule has 0 unspecified atom stereocenters. The number of rotatable bonds is 4. The molecule has 0 atom stereocenters. The van der Waals surface area contributed by atoms with Crippen molar-refractivity contribution in [3.05, 3.63) is 35.6 Å². The van der Waals surface area contributed by atoms with Crippen molar-refractivity contribution in [3.8, 4) is 0 Å². The molecular formula is C17H25FN2O2. The molecule has 4 nitrogen and oxygen atoms in total. The van der Waals surface area contributed by atoms with E-state index in [1.165, 1.54) is 12.1 Å². The Morgan fingerprint density at radius 3 is 2.45 bits per heavy atom. The average Bonchev–Trinajstić information content (AvgIpc) is 2.49. The maximum Gasteiger partial charge on any atom is 0.410 e. The van der Waals surface area contributed by atoms with Gasteiger partial charge in [0.1, 0.15) is 5.82 Å². The number of carbonyl (C=O) groups excluding carboxylic acids is 1. The Bertz CT molecular complexity index is 482. The fourth-order valence-corrected chi connectivity index (χ4v) is 2.75. The Morgan fingerprint density at radius 2 is 1.91 bits per heavy atom. The SMILES string of the molecule is CC(C)OC(=O)N(C)C1CCN(Cc2ccc(F)cc2)CC1. The van der Waals surface area contributed by atoms with Gasteiger partial charge in [0.05, 0.1) is 6.10 Å². The van der Waals surface area contributed by atoms with Gasteiger partial charge in [0.2, 0.25) is 0 Å². The molecule has 1 heterocycles. The average molecular weight is 308 g/mol. The highest BCUT2D eigenvalue weighted by atomic mass is 19.1. The summed E-state index contributed by atoms with van der Waals surface area (Å²) in [6.07, 6.45) is 1.54. The van der Waals surface area contributed by atoms with E-state index >= 15 is 0 Å². The Kier molecular flexibility index (Phi) is 5.77. The zero-order valence-corrected chi connectivity index (χ0v) is 13.6. The molecule has 0 spiro atoms. The van der Waals surface area contributed by atoms with Crippen LogP contribution in [0, 0.1) is 5.82 Å². The smallest absolute Gasteiger partial charge is 0.410 e. The van der Waals surface area contributed by atoms with Crippen molar-refractivity contribution in [2.24, 2.45) is 0 Å². The second-order valence-corrected chi connectivity index (χ2v) is 6.18. The van der Waals surface area contributed by atoms with Gasteiger partial charge in [-0.25, -0.2) is 9.18 Å². The zero-order chi connectivity index (χ0) is 16.1. The lowest BCUT2D eigenvalue weighted by Crippen LogP contribution is -2.45. The van der Waals surface area contributed by atoms with Crippen LogP contribution in [-0.4, -0.2) is 48.2 Å². The van der Waals surface area contributed by atoms with E-state index in [1.54, 1.807) is 4.90 Å². The van der Waals surface area contributed by atoms with E-state index in [0.717, 1.165) is 38.0 Å². The van der Waals surface area contributed by atoms with Crippen LogP contribution in [0.1, 0.15) is 32.3 Å². The molecule has 1 aliphatic rings. The Morgan fingerprint density at radius 1 is 1.32 bits per heavy atom. The number of likely N-dealkylation sites (tertiary alicyclic amines) is 1. The third-order valence-corrected chi connectivity index (χ3v) is 4.05. The minimum absolute atomic E-state index is 0.0893. The quantitative estimate of drug-likeness (QED) is 0.856. The molecule has 1 aliphatic heterocycles. The van der Waals surface area contributed by atoms with Crippen LogP contribution in [0.25, 0.3) is 0 Å². The van der Waals surface area contributed by atoms with Crippen molar-refractivity contribution < 1.29 is 13.9 Å². The Labute approximate surface area is 131 Å². The first-order valence-electron chi connectivity index (χ1n) is 7.86. The summed E-state index contributed by atoms with van der Waals surface area (Å²) < 4.78 is 18.1. The van der Waals surface area contributed by atoms with Crippen LogP contribution in [0.2, 0.25) is 0 Å². The van der Waals surface area contributed by atoms with Gasteiger partial charge in [0.15, 0.2) is 0 Å². The standard InChI is InChI=1S/C17H25FN2O2/c1-13(2)22-17(21)19(3)16-8-10-20(11-9-16)12-14-4-6-15(18)7-5-14/h4-7,13,16H,8-12H2,1-3H3. The maximum atomic E-state index is 12.9. The highest BCUT2D eigenvalue weighted by Crippen LogP contribution is 2.18. The molecule has 1 aromatic carbocycles. The van der Waals surface area contributed by atoms with E-state index < -0.39 is 0 Å². The van der Waals surface area contributed by atoms with Crippen molar-refractivity contribution in [1.82, 2.24) is 9.80 Å². The van der Waals surface area contributed by atoms with E-state index in [0.29, 0.717) is 0 Å². The van der Waals surface area contributed by atoms with Gasteiger partial charge in [-0.05, 0) is 44.4 Å². The van der Waals surface area contributed by atoms with Gasteiger partial charge in [-0.15, -0.1) is 0 Å². The molecular weight excluding hydrogens is 283 g/mol. The lowest BCUT2D eigenvalue weighted by Gasteiger charge is -2.36. The summed E-state index contributed by atoms with van der Waals surface area (Å²) >= 11 is 0. The summed E-state index contributed by atoms with van der Waals surface area (Å²) in [5, 5.41) is 0. The lowest BCUT2D eigenvalue weighted by atomic mass is 10.0. The third kappa shape index (κ3) is 4.70. The van der Waals surface area contributed by atoms with Crippen molar-refractivity contribution in [2.45, 2.75) is 45.4 Å². The van der Waals surface area contributed by atoms with Gasteiger partial charge in [0, 0.05) is 32.7 Å². The number of ether oxygens (including phenoxy) is 1. The van der Waals surface area contributed by atoms with Gasteiger partial charge in [-0.1, -0.05) is 12.1 Å². The van der Waals surface area contributed by atoms with E-state index in [1.807, 2.05) is 33.0 Å². The predicted octanol–water partition coefficient (Wildman–Crippen LogP) is 3.27. The van der Waals surface area contributed by atoms with Gasteiger partial charge < -0.3 is 9.64 Å². The van der Waals surface area contributed by atoms with Crippen molar-refractivity contribution in [2.75, 3.05) is 20.1 Å². The number of amides is 1. The second kappa shape index (κ2) is 7.58. The van der Waals surface area contributed by atoms with Gasteiger partial charge in [0.25, 0.3) is 0 Å². The van der Waals surface area contributed by atoms with Gasteiger partial charge >= 0.3 is 6.09 Å². The first kappa shape index (κ1) is 16.7. The van der Waals surface area contributed by atoms with Crippen molar-refractivity contribution in [1.29, 1.82) is 0 Å². The topological polar surface area (TPSA) is 32.8 Å². The van der Waals surface area contributed by atoms with E-state index in [4.69, 9.17) is 4.74 Å². The normalized spacial score (nSPS) is 16.8. The molecule has 5 heteroatoms. The molecule has 1 amide bonds. The molecule has 0 N–H and O–H groups in total. The highest BCUT2D eigenvalue weighted by Gasteiger charge is 2.26. The summed E-state index contributed by atoms with van der Waals surface area (Å²) in [6.45, 7) is 6.41. The predicted molar refractivity (Wildman–Crippen MR) is 84.1 cm³/mol. The largest absolute Gasteiger partial charge is 0.447 e. The molecule has 0 aliphatic carbocycles. The summed E-state index contributed by atoms with van der Waals surface area (Å²) in [5.74, 6) is -0.201. The molecule has 1 fully saturated rings. The van der Waals surface area contributed by atoms with E-state index in [-0.39, 0.29) is 24.1 Å². The fraction of sp³-hybridized carbons (Fsp3) is 0.588. The minimum atomic E-state index is -0.244. The molecule has 0 radical (unpaired) electrons.